The van der Waals surface area contributed by atoms with Gasteiger partial charge in [0.05, 0.1) is 14.2 Å². The molecule has 118 valence electrons. The number of amides is 1. The van der Waals surface area contributed by atoms with Gasteiger partial charge in [0.15, 0.2) is 5.78 Å². The van der Waals surface area contributed by atoms with Crippen LogP contribution >= 0.6 is 0 Å². The molecule has 0 spiro atoms. The predicted octanol–water partition coefficient (Wildman–Crippen LogP) is 2.25. The van der Waals surface area contributed by atoms with E-state index < -0.39 is 0 Å². The van der Waals surface area contributed by atoms with Crippen LogP contribution in [-0.4, -0.2) is 25.9 Å². The molecule has 0 fully saturated rings. The zero-order chi connectivity index (χ0) is 15.9. The van der Waals surface area contributed by atoms with Gasteiger partial charge in [-0.2, -0.15) is 0 Å². The fourth-order valence-electron chi connectivity index (χ4n) is 2.42. The van der Waals surface area contributed by atoms with Crippen LogP contribution in [0.1, 0.15) is 24.8 Å². The number of nitrogens with one attached hydrogen (secondary N) is 1. The number of hydrogen-bond acceptors (Lipinski definition) is 4. The number of ether oxygens (including phenoxy) is 2. The maximum Gasteiger partial charge on any atom is 0.220 e. The molecule has 0 heterocycles. The Bertz CT molecular complexity index is 580. The average molecular weight is 303 g/mol. The van der Waals surface area contributed by atoms with Crippen molar-refractivity contribution in [3.8, 4) is 11.5 Å². The number of allylic oxidation sites excluding steroid dienone is 2. The third-order valence-electron chi connectivity index (χ3n) is 3.73. The standard InChI is InChI=1S/C17H21NO4/c1-21-15-8-5-13(16(10-15)22-2)11-18-17(20)9-12-3-6-14(19)7-4-12/h3,5-6,8,10,12H,4,7,9,11H2,1-2H3,(H,18,20)/t12-/m0/s1. The number of hydrogen-bond donors (Lipinski definition) is 1. The van der Waals surface area contributed by atoms with Crippen LogP contribution in [0.4, 0.5) is 0 Å². The fraction of sp³-hybridized carbons (Fsp3) is 0.412. The van der Waals surface area contributed by atoms with Crippen molar-refractivity contribution < 1.29 is 19.1 Å². The normalized spacial score (nSPS) is 17.2. The van der Waals surface area contributed by atoms with Gasteiger partial charge in [-0.05, 0) is 30.5 Å². The molecule has 0 saturated heterocycles. The van der Waals surface area contributed by atoms with Crippen molar-refractivity contribution in [2.75, 3.05) is 14.2 Å². The van der Waals surface area contributed by atoms with Gasteiger partial charge in [0.1, 0.15) is 11.5 Å². The Hall–Kier alpha value is -2.30. The number of methoxy groups -OCH3 is 2. The quantitative estimate of drug-likeness (QED) is 0.875. The van der Waals surface area contributed by atoms with Crippen LogP contribution in [0.2, 0.25) is 0 Å². The van der Waals surface area contributed by atoms with Gasteiger partial charge in [0.2, 0.25) is 5.91 Å². The van der Waals surface area contributed by atoms with Crippen LogP contribution < -0.4 is 14.8 Å². The summed E-state index contributed by atoms with van der Waals surface area (Å²) in [7, 11) is 3.18. The molecule has 1 aliphatic rings. The Labute approximate surface area is 130 Å². The topological polar surface area (TPSA) is 64.6 Å². The number of benzene rings is 1. The lowest BCUT2D eigenvalue weighted by atomic mass is 9.92. The Balaban J connectivity index is 1.88. The highest BCUT2D eigenvalue weighted by atomic mass is 16.5. The summed E-state index contributed by atoms with van der Waals surface area (Å²) in [6.07, 6.45) is 5.09. The third kappa shape index (κ3) is 4.35. The van der Waals surface area contributed by atoms with E-state index in [9.17, 15) is 9.59 Å². The van der Waals surface area contributed by atoms with Gasteiger partial charge in [-0.3, -0.25) is 9.59 Å². The minimum Gasteiger partial charge on any atom is -0.497 e. The number of rotatable bonds is 6. The maximum atomic E-state index is 12.0. The van der Waals surface area contributed by atoms with Crippen molar-refractivity contribution in [3.05, 3.63) is 35.9 Å². The molecule has 0 aliphatic heterocycles. The summed E-state index contributed by atoms with van der Waals surface area (Å²) < 4.78 is 10.4. The Kier molecular flexibility index (Phi) is 5.58. The van der Waals surface area contributed by atoms with E-state index in [0.717, 1.165) is 12.0 Å². The lowest BCUT2D eigenvalue weighted by Crippen LogP contribution is -2.25. The van der Waals surface area contributed by atoms with Crippen molar-refractivity contribution in [3.63, 3.8) is 0 Å². The van der Waals surface area contributed by atoms with Crippen LogP contribution in [-0.2, 0) is 16.1 Å². The van der Waals surface area contributed by atoms with Crippen LogP contribution in [0.5, 0.6) is 11.5 Å². The summed E-state index contributed by atoms with van der Waals surface area (Å²) in [4.78, 5) is 23.1. The first-order chi connectivity index (χ1) is 10.6. The lowest BCUT2D eigenvalue weighted by molar-refractivity contribution is -0.122. The summed E-state index contributed by atoms with van der Waals surface area (Å²) in [6, 6.07) is 5.49. The first-order valence-electron chi connectivity index (χ1n) is 7.31. The number of ketones is 1. The summed E-state index contributed by atoms with van der Waals surface area (Å²) in [5.74, 6) is 1.66. The molecule has 1 amide bonds. The van der Waals surface area contributed by atoms with Crippen molar-refractivity contribution >= 4 is 11.7 Å². The number of carbonyl (C=O) groups is 2. The monoisotopic (exact) mass is 303 g/mol. The SMILES string of the molecule is COc1ccc(CNC(=O)C[C@H]2C=CC(=O)CC2)c(OC)c1. The highest BCUT2D eigenvalue weighted by Gasteiger charge is 2.16. The highest BCUT2D eigenvalue weighted by Crippen LogP contribution is 2.24. The molecule has 0 unspecified atom stereocenters. The predicted molar refractivity (Wildman–Crippen MR) is 82.9 cm³/mol. The van der Waals surface area contributed by atoms with Crippen LogP contribution in [0.25, 0.3) is 0 Å². The van der Waals surface area contributed by atoms with E-state index in [-0.39, 0.29) is 17.6 Å². The molecule has 1 aromatic carbocycles. The molecule has 0 radical (unpaired) electrons. The van der Waals surface area contributed by atoms with Crippen LogP contribution in [0.15, 0.2) is 30.4 Å². The molecule has 1 aliphatic carbocycles. The summed E-state index contributed by atoms with van der Waals surface area (Å²) in [6.45, 7) is 0.404. The van der Waals surface area contributed by atoms with E-state index in [1.54, 1.807) is 26.4 Å². The molecule has 1 N–H and O–H groups in total. The highest BCUT2D eigenvalue weighted by molar-refractivity contribution is 5.90. The van der Waals surface area contributed by atoms with Gasteiger partial charge < -0.3 is 14.8 Å². The minimum absolute atomic E-state index is 0.0260. The molecule has 1 aromatic rings. The second-order valence-corrected chi connectivity index (χ2v) is 5.28. The van der Waals surface area contributed by atoms with E-state index in [1.165, 1.54) is 0 Å². The van der Waals surface area contributed by atoms with Crippen molar-refractivity contribution in [2.45, 2.75) is 25.8 Å². The van der Waals surface area contributed by atoms with Gasteiger partial charge >= 0.3 is 0 Å². The summed E-state index contributed by atoms with van der Waals surface area (Å²) >= 11 is 0. The Morgan fingerprint density at radius 2 is 2.14 bits per heavy atom. The minimum atomic E-state index is -0.0260. The first kappa shape index (κ1) is 16.1. The molecular weight excluding hydrogens is 282 g/mol. The van der Waals surface area contributed by atoms with Gasteiger partial charge in [-0.25, -0.2) is 0 Å². The van der Waals surface area contributed by atoms with Crippen molar-refractivity contribution in [2.24, 2.45) is 5.92 Å². The summed E-state index contributed by atoms with van der Waals surface area (Å²) in [5.41, 5.74) is 0.894. The van der Waals surface area contributed by atoms with Crippen LogP contribution in [0, 0.1) is 5.92 Å². The fourth-order valence-corrected chi connectivity index (χ4v) is 2.42. The van der Waals surface area contributed by atoms with Gasteiger partial charge in [-0.1, -0.05) is 6.08 Å². The molecule has 5 nitrogen and oxygen atoms in total. The zero-order valence-electron chi connectivity index (χ0n) is 12.9. The van der Waals surface area contributed by atoms with Crippen molar-refractivity contribution in [1.82, 2.24) is 5.32 Å². The molecular formula is C17H21NO4. The number of carbonyl (C=O) groups excluding carboxylic acids is 2. The first-order valence-corrected chi connectivity index (χ1v) is 7.31. The lowest BCUT2D eigenvalue weighted by Gasteiger charge is -2.16. The van der Waals surface area contributed by atoms with Gasteiger partial charge in [0, 0.05) is 31.0 Å². The second kappa shape index (κ2) is 7.64. The second-order valence-electron chi connectivity index (χ2n) is 5.28. The van der Waals surface area contributed by atoms with Gasteiger partial charge in [-0.15, -0.1) is 0 Å². The molecule has 22 heavy (non-hydrogen) atoms. The molecule has 0 aromatic heterocycles. The van der Waals surface area contributed by atoms with Crippen LogP contribution in [0.3, 0.4) is 0 Å². The Morgan fingerprint density at radius 3 is 2.77 bits per heavy atom. The van der Waals surface area contributed by atoms with Gasteiger partial charge in [0.25, 0.3) is 0 Å². The third-order valence-corrected chi connectivity index (χ3v) is 3.73. The molecule has 1 atom stereocenters. The van der Waals surface area contributed by atoms with E-state index in [4.69, 9.17) is 9.47 Å². The van der Waals surface area contributed by atoms with E-state index in [0.29, 0.717) is 30.9 Å². The van der Waals surface area contributed by atoms with E-state index in [1.807, 2.05) is 18.2 Å². The summed E-state index contributed by atoms with van der Waals surface area (Å²) in [5, 5.41) is 2.89. The smallest absolute Gasteiger partial charge is 0.220 e. The van der Waals surface area contributed by atoms with Crippen molar-refractivity contribution in [1.29, 1.82) is 0 Å². The maximum absolute atomic E-state index is 12.0. The zero-order valence-corrected chi connectivity index (χ0v) is 12.9. The average Bonchev–Trinajstić information content (AvgIpc) is 2.55. The van der Waals surface area contributed by atoms with E-state index in [2.05, 4.69) is 5.32 Å². The molecule has 0 saturated carbocycles. The molecule has 2 rings (SSSR count). The van der Waals surface area contributed by atoms with E-state index >= 15 is 0 Å². The molecule has 0 bridgehead atoms. The Morgan fingerprint density at radius 1 is 1.32 bits per heavy atom. The largest absolute Gasteiger partial charge is 0.497 e. The molecule has 5 heteroatoms.